The van der Waals surface area contributed by atoms with Gasteiger partial charge in [0.1, 0.15) is 0 Å². The van der Waals surface area contributed by atoms with Gasteiger partial charge >= 0.3 is 0 Å². The van der Waals surface area contributed by atoms with Gasteiger partial charge in [0, 0.05) is 11.4 Å². The van der Waals surface area contributed by atoms with E-state index in [1.54, 1.807) is 0 Å². The maximum absolute atomic E-state index is 6.02. The third-order valence-corrected chi connectivity index (χ3v) is 7.23. The van der Waals surface area contributed by atoms with Gasteiger partial charge in [-0.1, -0.05) is 74.5 Å². The zero-order valence-electron chi connectivity index (χ0n) is 15.1. The molecule has 0 bridgehead atoms. The van der Waals surface area contributed by atoms with Crippen molar-refractivity contribution >= 4 is 18.5 Å². The standard InChI is InChI=1S/C23H23NOP/c1-17(2)21-16-25-23(24-21)20-14-9-15-22(20)26(18-10-5-3-6-11-18)19-12-7-4-8-13-19/h3-13,15,17,21,24H,16H2,1-2H3/t21-/m1/s1. The second kappa shape index (κ2) is 7.74. The molecule has 2 nitrogen and oxygen atoms in total. The van der Waals surface area contributed by atoms with Crippen LogP contribution in [0.4, 0.5) is 0 Å². The van der Waals surface area contributed by atoms with E-state index in [4.69, 9.17) is 4.74 Å². The minimum atomic E-state index is -0.648. The smallest absolute Gasteiger partial charge is 0.201 e. The summed E-state index contributed by atoms with van der Waals surface area (Å²) in [5, 5.41) is 7.54. The zero-order valence-corrected chi connectivity index (χ0v) is 16.0. The van der Waals surface area contributed by atoms with E-state index in [1.807, 2.05) is 6.08 Å². The van der Waals surface area contributed by atoms with Crippen LogP contribution in [0.1, 0.15) is 13.8 Å². The largest absolute Gasteiger partial charge is 0.349 e. The summed E-state index contributed by atoms with van der Waals surface area (Å²) >= 11 is 0. The van der Waals surface area contributed by atoms with Crippen molar-refractivity contribution in [3.8, 4) is 0 Å². The van der Waals surface area contributed by atoms with Crippen LogP contribution in [0.2, 0.25) is 0 Å². The molecule has 1 fully saturated rings. The molecule has 26 heavy (non-hydrogen) atoms. The fourth-order valence-corrected chi connectivity index (χ4v) is 5.65. The van der Waals surface area contributed by atoms with Crippen molar-refractivity contribution in [1.29, 1.82) is 0 Å². The summed E-state index contributed by atoms with van der Waals surface area (Å²) in [6.45, 7) is 5.17. The molecule has 1 heterocycles. The molecule has 0 unspecified atom stereocenters. The van der Waals surface area contributed by atoms with Crippen LogP contribution >= 0.6 is 7.92 Å². The molecule has 2 aromatic carbocycles. The second-order valence-electron chi connectivity index (χ2n) is 6.88. The summed E-state index contributed by atoms with van der Waals surface area (Å²) in [7, 11) is -0.648. The quantitative estimate of drug-likeness (QED) is 0.636. The lowest BCUT2D eigenvalue weighted by Crippen LogP contribution is -2.31. The summed E-state index contributed by atoms with van der Waals surface area (Å²) in [5.41, 5.74) is 4.49. The molecule has 4 rings (SSSR count). The molecule has 1 aliphatic heterocycles. The highest BCUT2D eigenvalue weighted by atomic mass is 31.1. The summed E-state index contributed by atoms with van der Waals surface area (Å²) in [6, 6.07) is 21.9. The predicted molar refractivity (Wildman–Crippen MR) is 110 cm³/mol. The molecule has 131 valence electrons. The summed E-state index contributed by atoms with van der Waals surface area (Å²) in [5.74, 6) is 0.538. The third kappa shape index (κ3) is 3.47. The first-order valence-corrected chi connectivity index (χ1v) is 10.4. The van der Waals surface area contributed by atoms with Crippen molar-refractivity contribution in [3.05, 3.63) is 95.7 Å². The molecule has 0 aromatic heterocycles. The Morgan fingerprint density at radius 1 is 1.00 bits per heavy atom. The van der Waals surface area contributed by atoms with Gasteiger partial charge in [-0.3, -0.25) is 5.32 Å². The molecule has 2 aromatic rings. The van der Waals surface area contributed by atoms with E-state index >= 15 is 0 Å². The maximum atomic E-state index is 6.02. The Morgan fingerprint density at radius 3 is 2.15 bits per heavy atom. The molecular formula is C23H23NOP. The zero-order chi connectivity index (χ0) is 17.9. The van der Waals surface area contributed by atoms with Crippen LogP contribution in [-0.2, 0) is 4.74 Å². The van der Waals surface area contributed by atoms with Crippen molar-refractivity contribution in [2.24, 2.45) is 5.92 Å². The van der Waals surface area contributed by atoms with E-state index in [0.29, 0.717) is 12.0 Å². The van der Waals surface area contributed by atoms with Gasteiger partial charge in [-0.15, -0.1) is 5.73 Å². The van der Waals surface area contributed by atoms with E-state index in [1.165, 1.54) is 15.9 Å². The molecule has 1 N–H and O–H groups in total. The fraction of sp³-hybridized carbons (Fsp3) is 0.217. The van der Waals surface area contributed by atoms with Crippen LogP contribution in [0.15, 0.2) is 89.4 Å². The molecule has 2 aliphatic rings. The second-order valence-corrected chi connectivity index (χ2v) is 9.06. The lowest BCUT2D eigenvalue weighted by atomic mass is 10.1. The average Bonchev–Trinajstić information content (AvgIpc) is 3.33. The van der Waals surface area contributed by atoms with E-state index in [2.05, 4.69) is 91.6 Å². The SMILES string of the molecule is CC(C)[C@H]1CO[C](C2=C=CC=C2P(c2ccccc2)c2ccccc2)N1. The van der Waals surface area contributed by atoms with Crippen LogP contribution < -0.4 is 15.9 Å². The first kappa shape index (κ1) is 17.5. The number of ether oxygens (including phenoxy) is 1. The van der Waals surface area contributed by atoms with E-state index < -0.39 is 7.92 Å². The maximum Gasteiger partial charge on any atom is 0.201 e. The topological polar surface area (TPSA) is 21.3 Å². The first-order chi connectivity index (χ1) is 12.7. The van der Waals surface area contributed by atoms with Crippen LogP contribution in [0.5, 0.6) is 0 Å². The van der Waals surface area contributed by atoms with Crippen LogP contribution in [-0.4, -0.2) is 12.6 Å². The molecule has 1 atom stereocenters. The Labute approximate surface area is 157 Å². The predicted octanol–water partition coefficient (Wildman–Crippen LogP) is 4.23. The molecule has 3 heteroatoms. The fourth-order valence-electron chi connectivity index (χ4n) is 3.24. The van der Waals surface area contributed by atoms with E-state index in [9.17, 15) is 0 Å². The minimum absolute atomic E-state index is 0.362. The molecule has 0 saturated carbocycles. The minimum Gasteiger partial charge on any atom is -0.349 e. The first-order valence-electron chi connectivity index (χ1n) is 9.08. The normalized spacial score (nSPS) is 20.1. The Hall–Kier alpha value is -1.95. The number of benzene rings is 2. The molecule has 1 aliphatic carbocycles. The van der Waals surface area contributed by atoms with Crippen LogP contribution in [0.3, 0.4) is 0 Å². The monoisotopic (exact) mass is 360 g/mol. The van der Waals surface area contributed by atoms with Gasteiger partial charge < -0.3 is 4.74 Å². The van der Waals surface area contributed by atoms with Gasteiger partial charge in [0.15, 0.2) is 0 Å². The van der Waals surface area contributed by atoms with E-state index in [0.717, 1.165) is 18.4 Å². The van der Waals surface area contributed by atoms with Gasteiger partial charge in [-0.2, -0.15) is 0 Å². The number of hydrogen-bond donors (Lipinski definition) is 1. The molecular weight excluding hydrogens is 337 g/mol. The van der Waals surface area contributed by atoms with Crippen molar-refractivity contribution in [2.75, 3.05) is 6.61 Å². The number of rotatable bonds is 5. The highest BCUT2D eigenvalue weighted by Gasteiger charge is 2.35. The van der Waals surface area contributed by atoms with Crippen molar-refractivity contribution in [3.63, 3.8) is 0 Å². The summed E-state index contributed by atoms with van der Waals surface area (Å²) < 4.78 is 6.02. The number of nitrogens with one attached hydrogen (secondary N) is 1. The average molecular weight is 360 g/mol. The van der Waals surface area contributed by atoms with Gasteiger partial charge in [0.2, 0.25) is 6.23 Å². The Balaban J connectivity index is 1.68. The lowest BCUT2D eigenvalue weighted by molar-refractivity contribution is 0.202. The lowest BCUT2D eigenvalue weighted by Gasteiger charge is -2.24. The third-order valence-electron chi connectivity index (χ3n) is 4.75. The highest BCUT2D eigenvalue weighted by molar-refractivity contribution is 7.77. The number of allylic oxidation sites excluding steroid dienone is 1. The van der Waals surface area contributed by atoms with Crippen molar-refractivity contribution in [1.82, 2.24) is 5.32 Å². The van der Waals surface area contributed by atoms with Crippen LogP contribution in [0, 0.1) is 12.1 Å². The highest BCUT2D eigenvalue weighted by Crippen LogP contribution is 2.50. The van der Waals surface area contributed by atoms with Gasteiger partial charge in [0.25, 0.3) is 0 Å². The molecule has 0 spiro atoms. The number of hydrogen-bond acceptors (Lipinski definition) is 2. The Bertz CT molecular complexity index is 811. The summed E-state index contributed by atoms with van der Waals surface area (Å²) in [6.07, 6.45) is 5.09. The molecule has 0 amide bonds. The van der Waals surface area contributed by atoms with Gasteiger partial charge in [-0.05, 0) is 36.6 Å². The van der Waals surface area contributed by atoms with Crippen molar-refractivity contribution < 1.29 is 4.74 Å². The van der Waals surface area contributed by atoms with E-state index in [-0.39, 0.29) is 0 Å². The van der Waals surface area contributed by atoms with Gasteiger partial charge in [-0.25, -0.2) is 0 Å². The molecule has 1 saturated heterocycles. The van der Waals surface area contributed by atoms with Gasteiger partial charge in [0.05, 0.1) is 12.2 Å². The summed E-state index contributed by atoms with van der Waals surface area (Å²) in [4.78, 5) is 0. The molecule has 1 radical (unpaired) electrons. The van der Waals surface area contributed by atoms with Crippen LogP contribution in [0.25, 0.3) is 0 Å². The Morgan fingerprint density at radius 2 is 1.62 bits per heavy atom. The Kier molecular flexibility index (Phi) is 5.20. The van der Waals surface area contributed by atoms with Crippen molar-refractivity contribution in [2.45, 2.75) is 19.9 Å².